The van der Waals surface area contributed by atoms with Crippen molar-refractivity contribution < 1.29 is 0 Å². The molecule has 2 rings (SSSR count). The Kier molecular flexibility index (Phi) is 3.72. The topological polar surface area (TPSA) is 41.1 Å². The van der Waals surface area contributed by atoms with Gasteiger partial charge in [0.1, 0.15) is 5.82 Å². The lowest BCUT2D eigenvalue weighted by Crippen LogP contribution is -2.26. The Morgan fingerprint density at radius 2 is 2.19 bits per heavy atom. The van der Waals surface area contributed by atoms with Crippen LogP contribution in [-0.4, -0.2) is 29.1 Å². The van der Waals surface area contributed by atoms with Crippen molar-refractivity contribution in [2.24, 2.45) is 0 Å². The molecule has 0 aliphatic heterocycles. The molecule has 0 atom stereocenters. The summed E-state index contributed by atoms with van der Waals surface area (Å²) in [5.41, 5.74) is 1.03. The molecule has 88 valence electrons. The second-order valence-corrected chi connectivity index (χ2v) is 4.17. The summed E-state index contributed by atoms with van der Waals surface area (Å²) in [5.74, 6) is 1.03. The summed E-state index contributed by atoms with van der Waals surface area (Å²) >= 11 is 0. The SMILES string of the molecule is CCNCc1cncc(N(CC)C2CC2)n1. The van der Waals surface area contributed by atoms with Crippen LogP contribution in [0.1, 0.15) is 32.4 Å². The zero-order valence-corrected chi connectivity index (χ0v) is 10.1. The molecule has 0 amide bonds. The monoisotopic (exact) mass is 220 g/mol. The average Bonchev–Trinajstić information content (AvgIpc) is 3.12. The van der Waals surface area contributed by atoms with Crippen molar-refractivity contribution >= 4 is 5.82 Å². The highest BCUT2D eigenvalue weighted by atomic mass is 15.2. The third kappa shape index (κ3) is 2.70. The van der Waals surface area contributed by atoms with Gasteiger partial charge in [-0.1, -0.05) is 6.92 Å². The Labute approximate surface area is 97.1 Å². The fourth-order valence-electron chi connectivity index (χ4n) is 1.86. The molecule has 1 aliphatic rings. The first-order valence-corrected chi connectivity index (χ1v) is 6.13. The van der Waals surface area contributed by atoms with E-state index in [9.17, 15) is 0 Å². The van der Waals surface area contributed by atoms with Gasteiger partial charge in [0.05, 0.1) is 11.9 Å². The van der Waals surface area contributed by atoms with E-state index >= 15 is 0 Å². The van der Waals surface area contributed by atoms with E-state index in [2.05, 4.69) is 34.0 Å². The van der Waals surface area contributed by atoms with E-state index in [0.717, 1.165) is 31.1 Å². The molecular formula is C12H20N4. The van der Waals surface area contributed by atoms with Crippen molar-refractivity contribution in [3.05, 3.63) is 18.1 Å². The van der Waals surface area contributed by atoms with E-state index in [1.807, 2.05) is 12.4 Å². The average molecular weight is 220 g/mol. The van der Waals surface area contributed by atoms with Crippen molar-refractivity contribution in [1.82, 2.24) is 15.3 Å². The van der Waals surface area contributed by atoms with Crippen LogP contribution in [0.25, 0.3) is 0 Å². The van der Waals surface area contributed by atoms with Crippen molar-refractivity contribution in [2.45, 2.75) is 39.3 Å². The molecule has 4 heteroatoms. The van der Waals surface area contributed by atoms with Gasteiger partial charge >= 0.3 is 0 Å². The fourth-order valence-corrected chi connectivity index (χ4v) is 1.86. The maximum absolute atomic E-state index is 4.64. The summed E-state index contributed by atoms with van der Waals surface area (Å²) in [5, 5.41) is 3.27. The highest BCUT2D eigenvalue weighted by Crippen LogP contribution is 2.29. The molecule has 1 fully saturated rings. The number of hydrogen-bond donors (Lipinski definition) is 1. The van der Waals surface area contributed by atoms with Crippen LogP contribution in [0.4, 0.5) is 5.82 Å². The van der Waals surface area contributed by atoms with Crippen LogP contribution in [0, 0.1) is 0 Å². The van der Waals surface area contributed by atoms with Crippen LogP contribution in [-0.2, 0) is 6.54 Å². The predicted octanol–water partition coefficient (Wildman–Crippen LogP) is 1.57. The summed E-state index contributed by atoms with van der Waals surface area (Å²) in [6, 6.07) is 0.702. The van der Waals surface area contributed by atoms with Crippen molar-refractivity contribution in [3.8, 4) is 0 Å². The number of hydrogen-bond acceptors (Lipinski definition) is 4. The lowest BCUT2D eigenvalue weighted by molar-refractivity contribution is 0.701. The van der Waals surface area contributed by atoms with E-state index in [1.165, 1.54) is 12.8 Å². The molecule has 0 radical (unpaired) electrons. The molecular weight excluding hydrogens is 200 g/mol. The van der Waals surface area contributed by atoms with Crippen LogP contribution in [0.15, 0.2) is 12.4 Å². The smallest absolute Gasteiger partial charge is 0.147 e. The van der Waals surface area contributed by atoms with Crippen LogP contribution in [0.5, 0.6) is 0 Å². The van der Waals surface area contributed by atoms with Crippen molar-refractivity contribution in [3.63, 3.8) is 0 Å². The molecule has 1 aromatic rings. The van der Waals surface area contributed by atoms with Crippen LogP contribution < -0.4 is 10.2 Å². The number of nitrogens with one attached hydrogen (secondary N) is 1. The Balaban J connectivity index is 2.07. The number of aromatic nitrogens is 2. The third-order valence-electron chi connectivity index (χ3n) is 2.85. The normalized spacial score (nSPS) is 15.1. The van der Waals surface area contributed by atoms with Gasteiger partial charge in [-0.25, -0.2) is 4.98 Å². The molecule has 16 heavy (non-hydrogen) atoms. The first-order valence-electron chi connectivity index (χ1n) is 6.13. The van der Waals surface area contributed by atoms with E-state index in [4.69, 9.17) is 0 Å². The van der Waals surface area contributed by atoms with Crippen LogP contribution >= 0.6 is 0 Å². The lowest BCUT2D eigenvalue weighted by atomic mass is 10.4. The van der Waals surface area contributed by atoms with Gasteiger partial charge in [0.15, 0.2) is 0 Å². The first-order chi connectivity index (χ1) is 7.85. The van der Waals surface area contributed by atoms with E-state index in [1.54, 1.807) is 0 Å². The second-order valence-electron chi connectivity index (χ2n) is 4.17. The van der Waals surface area contributed by atoms with Gasteiger partial charge in [-0.2, -0.15) is 0 Å². The summed E-state index contributed by atoms with van der Waals surface area (Å²) in [6.07, 6.45) is 6.31. The van der Waals surface area contributed by atoms with Gasteiger partial charge in [-0.05, 0) is 26.3 Å². The molecule has 0 aromatic carbocycles. The second kappa shape index (κ2) is 5.25. The van der Waals surface area contributed by atoms with Gasteiger partial charge < -0.3 is 10.2 Å². The minimum absolute atomic E-state index is 0.702. The van der Waals surface area contributed by atoms with Crippen LogP contribution in [0.2, 0.25) is 0 Å². The Bertz CT molecular complexity index is 336. The van der Waals surface area contributed by atoms with E-state index < -0.39 is 0 Å². The van der Waals surface area contributed by atoms with E-state index in [0.29, 0.717) is 6.04 Å². The lowest BCUT2D eigenvalue weighted by Gasteiger charge is -2.21. The highest BCUT2D eigenvalue weighted by molar-refractivity contribution is 5.39. The van der Waals surface area contributed by atoms with E-state index in [-0.39, 0.29) is 0 Å². The predicted molar refractivity (Wildman–Crippen MR) is 65.5 cm³/mol. The standard InChI is InChI=1S/C12H20N4/c1-3-13-7-10-8-14-9-12(15-10)16(4-2)11-5-6-11/h8-9,11,13H,3-7H2,1-2H3. The summed E-state index contributed by atoms with van der Waals surface area (Å²) < 4.78 is 0. The molecule has 1 saturated carbocycles. The van der Waals surface area contributed by atoms with Gasteiger partial charge in [0.2, 0.25) is 0 Å². The zero-order chi connectivity index (χ0) is 11.4. The maximum atomic E-state index is 4.64. The summed E-state index contributed by atoms with van der Waals surface area (Å²) in [6.45, 7) is 7.06. The molecule has 1 N–H and O–H groups in total. The Morgan fingerprint density at radius 3 is 2.81 bits per heavy atom. The number of anilines is 1. The molecule has 0 saturated heterocycles. The molecule has 0 spiro atoms. The third-order valence-corrected chi connectivity index (χ3v) is 2.85. The molecule has 1 aromatic heterocycles. The van der Waals surface area contributed by atoms with Crippen LogP contribution in [0.3, 0.4) is 0 Å². The minimum Gasteiger partial charge on any atom is -0.353 e. The van der Waals surface area contributed by atoms with Crippen molar-refractivity contribution in [2.75, 3.05) is 18.0 Å². The van der Waals surface area contributed by atoms with Gasteiger partial charge in [-0.3, -0.25) is 4.98 Å². The van der Waals surface area contributed by atoms with Crippen molar-refractivity contribution in [1.29, 1.82) is 0 Å². The Morgan fingerprint density at radius 1 is 1.38 bits per heavy atom. The fraction of sp³-hybridized carbons (Fsp3) is 0.667. The molecule has 1 heterocycles. The molecule has 0 unspecified atom stereocenters. The van der Waals surface area contributed by atoms with Gasteiger partial charge in [0.25, 0.3) is 0 Å². The highest BCUT2D eigenvalue weighted by Gasteiger charge is 2.28. The zero-order valence-electron chi connectivity index (χ0n) is 10.1. The first kappa shape index (κ1) is 11.3. The quantitative estimate of drug-likeness (QED) is 0.790. The van der Waals surface area contributed by atoms with Gasteiger partial charge in [0, 0.05) is 25.3 Å². The molecule has 4 nitrogen and oxygen atoms in total. The largest absolute Gasteiger partial charge is 0.353 e. The summed E-state index contributed by atoms with van der Waals surface area (Å²) in [4.78, 5) is 11.3. The van der Waals surface area contributed by atoms with Gasteiger partial charge in [-0.15, -0.1) is 0 Å². The molecule has 0 bridgehead atoms. The molecule has 1 aliphatic carbocycles. The summed E-state index contributed by atoms with van der Waals surface area (Å²) in [7, 11) is 0. The number of rotatable bonds is 6. The maximum Gasteiger partial charge on any atom is 0.147 e. The number of nitrogens with zero attached hydrogens (tertiary/aromatic N) is 3. The Hall–Kier alpha value is -1.16. The minimum atomic E-state index is 0.702.